The maximum atomic E-state index is 13.3. The minimum atomic E-state index is -0.687. The van der Waals surface area contributed by atoms with Crippen LogP contribution in [0.15, 0.2) is 48.0 Å². The Morgan fingerprint density at radius 1 is 1.08 bits per heavy atom. The summed E-state index contributed by atoms with van der Waals surface area (Å²) in [7, 11) is 1.58. The first-order valence-electron chi connectivity index (χ1n) is 12.4. The van der Waals surface area contributed by atoms with E-state index in [4.69, 9.17) is 14.2 Å². The van der Waals surface area contributed by atoms with Gasteiger partial charge in [0.1, 0.15) is 17.3 Å². The minimum Gasteiger partial charge on any atom is -0.507 e. The highest BCUT2D eigenvalue weighted by molar-refractivity contribution is 6.46. The minimum absolute atomic E-state index is 0.0973. The number of likely N-dealkylation sites (tertiary alicyclic amines) is 1. The smallest absolute Gasteiger partial charge is 0.295 e. The van der Waals surface area contributed by atoms with Gasteiger partial charge in [0, 0.05) is 31.7 Å². The van der Waals surface area contributed by atoms with E-state index >= 15 is 0 Å². The van der Waals surface area contributed by atoms with Crippen molar-refractivity contribution in [2.75, 3.05) is 53.1 Å². The number of aliphatic hydroxyl groups excluding tert-OH is 1. The molecule has 2 aliphatic rings. The van der Waals surface area contributed by atoms with E-state index in [-0.39, 0.29) is 11.3 Å². The van der Waals surface area contributed by atoms with E-state index in [1.165, 1.54) is 0 Å². The van der Waals surface area contributed by atoms with Gasteiger partial charge in [-0.2, -0.15) is 0 Å². The number of ketones is 1. The highest BCUT2D eigenvalue weighted by Gasteiger charge is 2.45. The molecule has 0 spiro atoms. The number of nitrogens with zero attached hydrogens (tertiary/aromatic N) is 2. The Kier molecular flexibility index (Phi) is 8.28. The normalized spacial score (nSPS) is 20.1. The molecule has 1 atom stereocenters. The van der Waals surface area contributed by atoms with Crippen LogP contribution in [-0.4, -0.2) is 79.7 Å². The Balaban J connectivity index is 1.68. The van der Waals surface area contributed by atoms with E-state index in [1.807, 2.05) is 38.1 Å². The summed E-state index contributed by atoms with van der Waals surface area (Å²) in [5, 5.41) is 11.3. The van der Waals surface area contributed by atoms with E-state index in [1.54, 1.807) is 30.2 Å². The Bertz CT molecular complexity index is 1120. The molecule has 0 radical (unpaired) electrons. The fourth-order valence-corrected chi connectivity index (χ4v) is 4.84. The highest BCUT2D eigenvalue weighted by atomic mass is 16.5. The van der Waals surface area contributed by atoms with Crippen molar-refractivity contribution in [1.29, 1.82) is 0 Å². The summed E-state index contributed by atoms with van der Waals surface area (Å²) < 4.78 is 16.3. The molecular weight excluding hydrogens is 460 g/mol. The number of hydrogen-bond donors (Lipinski definition) is 1. The van der Waals surface area contributed by atoms with Crippen molar-refractivity contribution in [3.8, 4) is 11.5 Å². The van der Waals surface area contributed by atoms with Crippen LogP contribution in [0.4, 0.5) is 0 Å². The first kappa shape index (κ1) is 25.7. The fourth-order valence-electron chi connectivity index (χ4n) is 4.84. The van der Waals surface area contributed by atoms with Crippen LogP contribution in [0.25, 0.3) is 5.76 Å². The fraction of sp³-hybridized carbons (Fsp3) is 0.429. The van der Waals surface area contributed by atoms with E-state index in [2.05, 4.69) is 4.90 Å². The summed E-state index contributed by atoms with van der Waals surface area (Å²) in [6.07, 6.45) is 0.711. The van der Waals surface area contributed by atoms with Gasteiger partial charge in [-0.25, -0.2) is 0 Å². The molecule has 8 heteroatoms. The second-order valence-electron chi connectivity index (χ2n) is 8.99. The van der Waals surface area contributed by atoms with Crippen molar-refractivity contribution in [2.45, 2.75) is 26.3 Å². The predicted octanol–water partition coefficient (Wildman–Crippen LogP) is 3.55. The largest absolute Gasteiger partial charge is 0.507 e. The Morgan fingerprint density at radius 2 is 1.81 bits per heavy atom. The molecule has 2 heterocycles. The molecule has 0 aromatic heterocycles. The van der Waals surface area contributed by atoms with Gasteiger partial charge in [-0.05, 0) is 61.7 Å². The average Bonchev–Trinajstić information content (AvgIpc) is 3.14. The molecule has 2 aromatic carbocycles. The molecule has 0 aliphatic carbocycles. The second kappa shape index (κ2) is 11.6. The van der Waals surface area contributed by atoms with Crippen LogP contribution < -0.4 is 9.47 Å². The Labute approximate surface area is 212 Å². The summed E-state index contributed by atoms with van der Waals surface area (Å²) in [5.74, 6) is -0.0722. The van der Waals surface area contributed by atoms with Gasteiger partial charge in [-0.15, -0.1) is 0 Å². The van der Waals surface area contributed by atoms with Gasteiger partial charge in [-0.3, -0.25) is 14.5 Å². The van der Waals surface area contributed by atoms with Crippen LogP contribution >= 0.6 is 0 Å². The number of rotatable bonds is 9. The second-order valence-corrected chi connectivity index (χ2v) is 8.99. The SMILES string of the molecule is CCOc1ccc(C2C(=C(O)c3ccc(OC)c(C)c3)C(=O)C(=O)N2CCCN2CCOCC2)cc1. The number of morpholine rings is 1. The average molecular weight is 495 g/mol. The molecule has 0 bridgehead atoms. The topological polar surface area (TPSA) is 88.5 Å². The third-order valence-corrected chi connectivity index (χ3v) is 6.69. The molecule has 4 rings (SSSR count). The first-order valence-corrected chi connectivity index (χ1v) is 12.4. The number of Topliss-reactive ketones (excluding diaryl/α,β-unsaturated/α-hetero) is 1. The van der Waals surface area contributed by atoms with Gasteiger partial charge >= 0.3 is 0 Å². The van der Waals surface area contributed by atoms with Crippen molar-refractivity contribution >= 4 is 17.4 Å². The van der Waals surface area contributed by atoms with Crippen molar-refractivity contribution in [3.63, 3.8) is 0 Å². The van der Waals surface area contributed by atoms with Gasteiger partial charge in [-0.1, -0.05) is 12.1 Å². The number of carbonyl (C=O) groups is 2. The predicted molar refractivity (Wildman–Crippen MR) is 136 cm³/mol. The summed E-state index contributed by atoms with van der Waals surface area (Å²) in [5.41, 5.74) is 2.13. The van der Waals surface area contributed by atoms with Crippen LogP contribution in [-0.2, 0) is 14.3 Å². The van der Waals surface area contributed by atoms with Crippen LogP contribution in [0.3, 0.4) is 0 Å². The summed E-state index contributed by atoms with van der Waals surface area (Å²) >= 11 is 0. The summed E-state index contributed by atoms with van der Waals surface area (Å²) in [6, 6.07) is 11.9. The lowest BCUT2D eigenvalue weighted by Crippen LogP contribution is -2.38. The highest BCUT2D eigenvalue weighted by Crippen LogP contribution is 2.40. The molecule has 1 amide bonds. The summed E-state index contributed by atoms with van der Waals surface area (Å²) in [4.78, 5) is 30.4. The van der Waals surface area contributed by atoms with E-state index in [0.29, 0.717) is 49.8 Å². The van der Waals surface area contributed by atoms with Crippen molar-refractivity contribution in [2.24, 2.45) is 0 Å². The number of aryl methyl sites for hydroxylation is 1. The molecule has 2 aliphatic heterocycles. The number of amides is 1. The van der Waals surface area contributed by atoms with E-state index < -0.39 is 17.7 Å². The van der Waals surface area contributed by atoms with E-state index in [0.717, 1.165) is 30.8 Å². The van der Waals surface area contributed by atoms with Gasteiger partial charge in [0.15, 0.2) is 0 Å². The van der Waals surface area contributed by atoms with Crippen molar-refractivity contribution in [3.05, 3.63) is 64.7 Å². The molecule has 1 unspecified atom stereocenters. The summed E-state index contributed by atoms with van der Waals surface area (Å²) in [6.45, 7) is 8.65. The van der Waals surface area contributed by atoms with Crippen LogP contribution in [0.2, 0.25) is 0 Å². The third kappa shape index (κ3) is 5.39. The Morgan fingerprint density at radius 3 is 2.44 bits per heavy atom. The molecule has 1 N–H and O–H groups in total. The zero-order valence-electron chi connectivity index (χ0n) is 21.2. The number of hydrogen-bond acceptors (Lipinski definition) is 7. The van der Waals surface area contributed by atoms with Gasteiger partial charge < -0.3 is 24.2 Å². The maximum absolute atomic E-state index is 13.3. The molecule has 2 fully saturated rings. The molecule has 192 valence electrons. The lowest BCUT2D eigenvalue weighted by atomic mass is 9.94. The van der Waals surface area contributed by atoms with Crippen molar-refractivity contribution < 1.29 is 28.9 Å². The lowest BCUT2D eigenvalue weighted by molar-refractivity contribution is -0.140. The number of ether oxygens (including phenoxy) is 3. The monoisotopic (exact) mass is 494 g/mol. The molecule has 2 aromatic rings. The van der Waals surface area contributed by atoms with Crippen LogP contribution in [0.1, 0.15) is 36.1 Å². The maximum Gasteiger partial charge on any atom is 0.295 e. The number of carbonyl (C=O) groups excluding carboxylic acids is 2. The zero-order valence-corrected chi connectivity index (χ0v) is 21.2. The van der Waals surface area contributed by atoms with Gasteiger partial charge in [0.25, 0.3) is 11.7 Å². The number of benzene rings is 2. The Hall–Kier alpha value is -3.36. The van der Waals surface area contributed by atoms with E-state index in [9.17, 15) is 14.7 Å². The van der Waals surface area contributed by atoms with Crippen LogP contribution in [0.5, 0.6) is 11.5 Å². The van der Waals surface area contributed by atoms with Gasteiger partial charge in [0.05, 0.1) is 38.5 Å². The molecule has 36 heavy (non-hydrogen) atoms. The van der Waals surface area contributed by atoms with Crippen LogP contribution in [0, 0.1) is 6.92 Å². The third-order valence-electron chi connectivity index (χ3n) is 6.69. The van der Waals surface area contributed by atoms with Gasteiger partial charge in [0.2, 0.25) is 0 Å². The molecule has 8 nitrogen and oxygen atoms in total. The molecular formula is C28H34N2O6. The lowest BCUT2D eigenvalue weighted by Gasteiger charge is -2.29. The number of aliphatic hydroxyl groups is 1. The first-order chi connectivity index (χ1) is 17.4. The molecule has 0 saturated carbocycles. The quantitative estimate of drug-likeness (QED) is 0.324. The number of methoxy groups -OCH3 is 1. The standard InChI is InChI=1S/C28H34N2O6/c1-4-36-22-9-6-20(7-10-22)25-24(26(31)21-8-11-23(34-3)19(2)18-21)27(32)28(33)30(25)13-5-12-29-14-16-35-17-15-29/h6-11,18,25,31H,4-5,12-17H2,1-3H3. The molecule has 2 saturated heterocycles. The van der Waals surface area contributed by atoms with Crippen molar-refractivity contribution in [1.82, 2.24) is 9.80 Å². The zero-order chi connectivity index (χ0) is 25.7.